The number of halogens is 1. The molecule has 16 heteroatoms. The standard InChI is InChI=1S/C15H12ClN5O6S2.2Na/c16-13-19-14(17-9-1-5-11(6-2-9)28(22,23)24)21-15(20-13)18-10-3-7-12(8-4-10)29(25,26)27;;/h1-8H,(H,22,23,24)(H,25,26,27)(H2,17,18,19,20,21);;/q;2*+1/p-2. The minimum Gasteiger partial charge on any atom is -0.744 e. The molecule has 3 rings (SSSR count). The van der Waals surface area contributed by atoms with Gasteiger partial charge in [0, 0.05) is 11.4 Å². The zero-order valence-electron chi connectivity index (χ0n) is 16.1. The predicted molar refractivity (Wildman–Crippen MR) is 100 cm³/mol. The smallest absolute Gasteiger partial charge is 0.744 e. The van der Waals surface area contributed by atoms with Gasteiger partial charge < -0.3 is 19.7 Å². The van der Waals surface area contributed by atoms with Crippen molar-refractivity contribution >= 4 is 55.1 Å². The summed E-state index contributed by atoms with van der Waals surface area (Å²) < 4.78 is 65.7. The SMILES string of the molecule is O=S(=O)([O-])c1ccc(Nc2nc(Cl)nc(Nc3ccc(S(=O)(=O)[O-])cc3)n2)cc1.[Na+].[Na+]. The van der Waals surface area contributed by atoms with E-state index in [1.165, 1.54) is 24.3 Å². The Kier molecular flexibility index (Phi) is 10.3. The van der Waals surface area contributed by atoms with Crippen molar-refractivity contribution in [2.75, 3.05) is 10.6 Å². The van der Waals surface area contributed by atoms with Crippen LogP contribution in [0.3, 0.4) is 0 Å². The van der Waals surface area contributed by atoms with E-state index in [1.54, 1.807) is 0 Å². The monoisotopic (exact) mass is 501 g/mol. The quantitative estimate of drug-likeness (QED) is 0.247. The summed E-state index contributed by atoms with van der Waals surface area (Å²) in [4.78, 5) is 11.1. The van der Waals surface area contributed by atoms with Gasteiger partial charge in [0.2, 0.25) is 17.2 Å². The maximum absolute atomic E-state index is 11.0. The van der Waals surface area contributed by atoms with Crippen LogP contribution in [0.2, 0.25) is 5.28 Å². The Morgan fingerprint density at radius 3 is 1.26 bits per heavy atom. The van der Waals surface area contributed by atoms with Crippen molar-refractivity contribution in [1.82, 2.24) is 15.0 Å². The maximum atomic E-state index is 11.0. The van der Waals surface area contributed by atoms with Crippen molar-refractivity contribution in [1.29, 1.82) is 0 Å². The molecule has 31 heavy (non-hydrogen) atoms. The number of benzene rings is 2. The van der Waals surface area contributed by atoms with Gasteiger partial charge in [-0.3, -0.25) is 0 Å². The van der Waals surface area contributed by atoms with Crippen LogP contribution in [-0.2, 0) is 20.2 Å². The van der Waals surface area contributed by atoms with E-state index in [4.69, 9.17) is 11.6 Å². The van der Waals surface area contributed by atoms with Gasteiger partial charge in [-0.1, -0.05) is 0 Å². The van der Waals surface area contributed by atoms with E-state index in [1.807, 2.05) is 0 Å². The molecule has 1 heterocycles. The molecule has 3 aromatic rings. The van der Waals surface area contributed by atoms with Crippen LogP contribution in [-0.4, -0.2) is 40.9 Å². The van der Waals surface area contributed by atoms with Crippen molar-refractivity contribution in [3.05, 3.63) is 53.8 Å². The first-order valence-electron chi connectivity index (χ1n) is 7.58. The molecular formula is C15H10ClN5Na2O6S2. The van der Waals surface area contributed by atoms with Gasteiger partial charge in [-0.2, -0.15) is 15.0 Å². The van der Waals surface area contributed by atoms with Gasteiger partial charge in [0.25, 0.3) is 0 Å². The van der Waals surface area contributed by atoms with Crippen LogP contribution in [0.15, 0.2) is 58.3 Å². The molecule has 152 valence electrons. The molecule has 11 nitrogen and oxygen atoms in total. The molecular weight excluding hydrogens is 492 g/mol. The van der Waals surface area contributed by atoms with E-state index in [0.29, 0.717) is 11.4 Å². The van der Waals surface area contributed by atoms with Crippen LogP contribution >= 0.6 is 11.6 Å². The zero-order chi connectivity index (χ0) is 21.2. The Bertz CT molecular complexity index is 1160. The molecule has 0 spiro atoms. The molecule has 0 radical (unpaired) electrons. The number of rotatable bonds is 6. The summed E-state index contributed by atoms with van der Waals surface area (Å²) in [6.07, 6.45) is 0. The first kappa shape index (κ1) is 28.2. The fraction of sp³-hybridized carbons (Fsp3) is 0. The van der Waals surface area contributed by atoms with Crippen molar-refractivity contribution in [2.45, 2.75) is 9.79 Å². The van der Waals surface area contributed by atoms with E-state index in [2.05, 4.69) is 25.6 Å². The van der Waals surface area contributed by atoms with Crippen molar-refractivity contribution < 1.29 is 85.1 Å². The molecule has 0 unspecified atom stereocenters. The second kappa shape index (κ2) is 11.3. The number of hydrogen-bond donors (Lipinski definition) is 2. The number of nitrogens with zero attached hydrogens (tertiary/aromatic N) is 3. The van der Waals surface area contributed by atoms with Crippen LogP contribution in [0.25, 0.3) is 0 Å². The molecule has 0 amide bonds. The van der Waals surface area contributed by atoms with Gasteiger partial charge in [0.05, 0.1) is 9.79 Å². The van der Waals surface area contributed by atoms with Crippen molar-refractivity contribution in [3.63, 3.8) is 0 Å². The second-order valence-electron chi connectivity index (χ2n) is 5.46. The number of nitrogens with one attached hydrogen (secondary N) is 2. The fourth-order valence-corrected chi connectivity index (χ4v) is 3.23. The van der Waals surface area contributed by atoms with Crippen molar-refractivity contribution in [3.8, 4) is 0 Å². The molecule has 1 aromatic heterocycles. The third kappa shape index (κ3) is 8.22. The molecule has 0 aliphatic carbocycles. The average Bonchev–Trinajstić information content (AvgIpc) is 2.60. The average molecular weight is 502 g/mol. The molecule has 0 aliphatic rings. The van der Waals surface area contributed by atoms with Gasteiger partial charge in [-0.05, 0) is 60.1 Å². The minimum atomic E-state index is -4.56. The van der Waals surface area contributed by atoms with E-state index in [-0.39, 0.29) is 86.1 Å². The normalized spacial score (nSPS) is 11.1. The summed E-state index contributed by atoms with van der Waals surface area (Å²) in [6, 6.07) is 9.87. The third-order valence-corrected chi connectivity index (χ3v) is 5.27. The summed E-state index contributed by atoms with van der Waals surface area (Å²) in [5.74, 6) is 0.0352. The van der Waals surface area contributed by atoms with Gasteiger partial charge in [-0.25, -0.2) is 16.8 Å². The van der Waals surface area contributed by atoms with E-state index >= 15 is 0 Å². The first-order valence-corrected chi connectivity index (χ1v) is 10.8. The summed E-state index contributed by atoms with van der Waals surface area (Å²) >= 11 is 5.87. The van der Waals surface area contributed by atoms with Crippen molar-refractivity contribution in [2.24, 2.45) is 0 Å². The van der Waals surface area contributed by atoms with E-state index < -0.39 is 20.2 Å². The number of hydrogen-bond acceptors (Lipinski definition) is 11. The van der Waals surface area contributed by atoms with Gasteiger partial charge in [0.15, 0.2) is 0 Å². The van der Waals surface area contributed by atoms with Crippen LogP contribution in [0.5, 0.6) is 0 Å². The summed E-state index contributed by atoms with van der Waals surface area (Å²) in [6.45, 7) is 0. The van der Waals surface area contributed by atoms with E-state index in [0.717, 1.165) is 24.3 Å². The van der Waals surface area contributed by atoms with E-state index in [9.17, 15) is 25.9 Å². The Hall–Kier alpha value is -0.840. The van der Waals surface area contributed by atoms with Gasteiger partial charge in [-0.15, -0.1) is 0 Å². The van der Waals surface area contributed by atoms with Crippen LogP contribution < -0.4 is 69.7 Å². The molecule has 2 N–H and O–H groups in total. The summed E-state index contributed by atoms with van der Waals surface area (Å²) in [7, 11) is -9.12. The molecule has 0 aliphatic heterocycles. The molecule has 0 saturated carbocycles. The van der Waals surface area contributed by atoms with Crippen LogP contribution in [0.1, 0.15) is 0 Å². The Balaban J connectivity index is 0.00000240. The maximum Gasteiger partial charge on any atom is 1.00 e. The Labute approximate surface area is 227 Å². The minimum absolute atomic E-state index is 0. The van der Waals surface area contributed by atoms with Crippen LogP contribution in [0, 0.1) is 0 Å². The first-order chi connectivity index (χ1) is 13.5. The molecule has 0 saturated heterocycles. The third-order valence-electron chi connectivity index (χ3n) is 3.41. The molecule has 0 atom stereocenters. The summed E-state index contributed by atoms with van der Waals surface area (Å²) in [5, 5.41) is 5.38. The molecule has 0 bridgehead atoms. The Morgan fingerprint density at radius 2 is 0.968 bits per heavy atom. The number of aromatic nitrogens is 3. The summed E-state index contributed by atoms with van der Waals surface area (Å²) in [5.41, 5.74) is 0.770. The molecule has 0 fully saturated rings. The number of anilines is 4. The zero-order valence-corrected chi connectivity index (χ0v) is 22.5. The van der Waals surface area contributed by atoms with Crippen LogP contribution in [0.4, 0.5) is 23.3 Å². The fourth-order valence-electron chi connectivity index (χ4n) is 2.13. The largest absolute Gasteiger partial charge is 1.00 e. The Morgan fingerprint density at radius 1 is 0.645 bits per heavy atom. The topological polar surface area (TPSA) is 177 Å². The second-order valence-corrected chi connectivity index (χ2v) is 8.56. The van der Waals surface area contributed by atoms with Gasteiger partial charge >= 0.3 is 59.1 Å². The molecule has 2 aromatic carbocycles. The van der Waals surface area contributed by atoms with Gasteiger partial charge in [0.1, 0.15) is 20.2 Å². The predicted octanol–water partition coefficient (Wildman–Crippen LogP) is -4.17.